The molecule has 0 aromatic carbocycles. The van der Waals surface area contributed by atoms with Gasteiger partial charge in [-0.15, -0.1) is 0 Å². The van der Waals surface area contributed by atoms with Crippen LogP contribution >= 0.6 is 0 Å². The molecule has 0 radical (unpaired) electrons. The van der Waals surface area contributed by atoms with Crippen LogP contribution in [0.5, 0.6) is 0 Å². The molecule has 0 bridgehead atoms. The number of rotatable bonds is 2. The van der Waals surface area contributed by atoms with Gasteiger partial charge in [0.15, 0.2) is 5.82 Å². The Labute approximate surface area is 66.3 Å². The van der Waals surface area contributed by atoms with Crippen LogP contribution in [0.1, 0.15) is 5.56 Å². The Bertz CT molecular complexity index is 277. The van der Waals surface area contributed by atoms with Gasteiger partial charge < -0.3 is 0 Å². The van der Waals surface area contributed by atoms with Crippen molar-refractivity contribution in [3.05, 3.63) is 36.5 Å². The summed E-state index contributed by atoms with van der Waals surface area (Å²) in [6.07, 6.45) is 4.99. The minimum Gasteiger partial charge on any atom is -0.237 e. The summed E-state index contributed by atoms with van der Waals surface area (Å²) in [6, 6.07) is 3.87. The molecule has 56 valence electrons. The molecule has 0 spiro atoms. The van der Waals surface area contributed by atoms with E-state index in [1.54, 1.807) is 18.5 Å². The Morgan fingerprint density at radius 1 is 1.64 bits per heavy atom. The molecule has 0 saturated carbocycles. The summed E-state index contributed by atoms with van der Waals surface area (Å²) in [4.78, 5) is 8.14. The van der Waals surface area contributed by atoms with Crippen molar-refractivity contribution in [2.75, 3.05) is 0 Å². The molecule has 0 aliphatic rings. The summed E-state index contributed by atoms with van der Waals surface area (Å²) in [5.41, 5.74) is 1.07. The largest absolute Gasteiger partial charge is 0.237 e. The predicted molar refractivity (Wildman–Crippen MR) is 47.3 cm³/mol. The molecule has 0 amide bonds. The van der Waals surface area contributed by atoms with Crippen LogP contribution in [0, 0.1) is 6.92 Å². The minimum atomic E-state index is 0.757. The van der Waals surface area contributed by atoms with Gasteiger partial charge in [-0.05, 0) is 18.6 Å². The molecule has 0 atom stereocenters. The van der Waals surface area contributed by atoms with Gasteiger partial charge in [0.25, 0.3) is 0 Å². The lowest BCUT2D eigenvalue weighted by atomic mass is 10.3. The predicted octanol–water partition coefficient (Wildman–Crippen LogP) is 2.28. The highest BCUT2D eigenvalue weighted by atomic mass is 14.9. The van der Waals surface area contributed by atoms with E-state index in [1.807, 2.05) is 19.1 Å². The number of pyridine rings is 1. The fraction of sp³-hybridized carbons (Fsp3) is 0.111. The fourth-order valence-corrected chi connectivity index (χ4v) is 0.736. The zero-order chi connectivity index (χ0) is 8.10. The monoisotopic (exact) mass is 146 g/mol. The number of aryl methyl sites for hydroxylation is 1. The lowest BCUT2D eigenvalue weighted by molar-refractivity contribution is 1.23. The molecule has 1 aromatic heterocycles. The van der Waals surface area contributed by atoms with Crippen LogP contribution in [0.25, 0.3) is 0 Å². The van der Waals surface area contributed by atoms with Crippen molar-refractivity contribution in [3.63, 3.8) is 0 Å². The smallest absolute Gasteiger partial charge is 0.154 e. The van der Waals surface area contributed by atoms with Gasteiger partial charge in [-0.2, -0.15) is 0 Å². The maximum atomic E-state index is 4.07. The van der Waals surface area contributed by atoms with E-state index in [0.29, 0.717) is 0 Å². The van der Waals surface area contributed by atoms with Crippen LogP contribution in [0.4, 0.5) is 5.82 Å². The van der Waals surface area contributed by atoms with Crippen molar-refractivity contribution in [1.82, 2.24) is 4.98 Å². The zero-order valence-electron chi connectivity index (χ0n) is 6.49. The first-order valence-corrected chi connectivity index (χ1v) is 3.41. The lowest BCUT2D eigenvalue weighted by Crippen LogP contribution is -1.77. The topological polar surface area (TPSA) is 25.2 Å². The normalized spacial score (nSPS) is 10.3. The number of nitrogens with zero attached hydrogens (tertiary/aromatic N) is 2. The van der Waals surface area contributed by atoms with Crippen LogP contribution in [-0.2, 0) is 0 Å². The first-order chi connectivity index (χ1) is 5.34. The van der Waals surface area contributed by atoms with Crippen LogP contribution < -0.4 is 0 Å². The quantitative estimate of drug-likeness (QED) is 0.587. The number of aliphatic imine (C=N–C) groups is 1. The highest BCUT2D eigenvalue weighted by Crippen LogP contribution is 2.11. The molecular weight excluding hydrogens is 136 g/mol. The number of hydrogen-bond acceptors (Lipinski definition) is 2. The average Bonchev–Trinajstić information content (AvgIpc) is 2.03. The number of allylic oxidation sites excluding steroid dienone is 1. The molecule has 1 aromatic rings. The standard InChI is InChI=1S/C9H10N2/c1-3-6-10-9-8(2)5-4-7-11-9/h3-7H,1H2,2H3. The minimum absolute atomic E-state index is 0.757. The van der Waals surface area contributed by atoms with Gasteiger partial charge >= 0.3 is 0 Å². The third-order valence-electron chi connectivity index (χ3n) is 1.28. The Kier molecular flexibility index (Phi) is 2.55. The van der Waals surface area contributed by atoms with E-state index in [1.165, 1.54) is 0 Å². The summed E-state index contributed by atoms with van der Waals surface area (Å²) in [5, 5.41) is 0. The molecule has 0 N–H and O–H groups in total. The molecule has 0 unspecified atom stereocenters. The molecule has 0 fully saturated rings. The van der Waals surface area contributed by atoms with Crippen molar-refractivity contribution < 1.29 is 0 Å². The van der Waals surface area contributed by atoms with Gasteiger partial charge in [-0.3, -0.25) is 0 Å². The molecule has 1 heterocycles. The molecule has 11 heavy (non-hydrogen) atoms. The second kappa shape index (κ2) is 3.66. The van der Waals surface area contributed by atoms with Gasteiger partial charge in [-0.1, -0.05) is 18.7 Å². The Balaban J connectivity index is 2.94. The van der Waals surface area contributed by atoms with Crippen molar-refractivity contribution in [3.8, 4) is 0 Å². The summed E-state index contributed by atoms with van der Waals surface area (Å²) < 4.78 is 0. The van der Waals surface area contributed by atoms with E-state index in [2.05, 4.69) is 16.6 Å². The van der Waals surface area contributed by atoms with Gasteiger partial charge in [0.1, 0.15) is 0 Å². The van der Waals surface area contributed by atoms with Crippen molar-refractivity contribution >= 4 is 12.0 Å². The van der Waals surface area contributed by atoms with Gasteiger partial charge in [0.2, 0.25) is 0 Å². The summed E-state index contributed by atoms with van der Waals surface area (Å²) in [6.45, 7) is 5.50. The Morgan fingerprint density at radius 3 is 3.09 bits per heavy atom. The van der Waals surface area contributed by atoms with Crippen molar-refractivity contribution in [2.24, 2.45) is 4.99 Å². The maximum absolute atomic E-state index is 4.07. The highest BCUT2D eigenvalue weighted by Gasteiger charge is 1.91. The summed E-state index contributed by atoms with van der Waals surface area (Å²) in [7, 11) is 0. The molecule has 0 aliphatic heterocycles. The van der Waals surface area contributed by atoms with Crippen molar-refractivity contribution in [1.29, 1.82) is 0 Å². The van der Waals surface area contributed by atoms with E-state index in [-0.39, 0.29) is 0 Å². The third-order valence-corrected chi connectivity index (χ3v) is 1.28. The maximum Gasteiger partial charge on any atom is 0.154 e. The molecule has 0 saturated heterocycles. The van der Waals surface area contributed by atoms with E-state index in [0.717, 1.165) is 11.4 Å². The van der Waals surface area contributed by atoms with Crippen LogP contribution in [0.15, 0.2) is 36.0 Å². The van der Waals surface area contributed by atoms with Gasteiger partial charge in [-0.25, -0.2) is 9.98 Å². The Hall–Kier alpha value is -1.44. The zero-order valence-corrected chi connectivity index (χ0v) is 6.49. The molecular formula is C9H10N2. The summed E-state index contributed by atoms with van der Waals surface area (Å²) >= 11 is 0. The third kappa shape index (κ3) is 2.00. The highest BCUT2D eigenvalue weighted by molar-refractivity contribution is 5.73. The first kappa shape index (κ1) is 7.66. The van der Waals surface area contributed by atoms with Crippen molar-refractivity contribution in [2.45, 2.75) is 6.92 Å². The van der Waals surface area contributed by atoms with Crippen LogP contribution in [-0.4, -0.2) is 11.2 Å². The molecule has 2 nitrogen and oxygen atoms in total. The molecule has 1 rings (SSSR count). The van der Waals surface area contributed by atoms with Crippen LogP contribution in [0.2, 0.25) is 0 Å². The number of hydrogen-bond donors (Lipinski definition) is 0. The van der Waals surface area contributed by atoms with E-state index >= 15 is 0 Å². The fourth-order valence-electron chi connectivity index (χ4n) is 0.736. The average molecular weight is 146 g/mol. The van der Waals surface area contributed by atoms with E-state index < -0.39 is 0 Å². The van der Waals surface area contributed by atoms with E-state index in [9.17, 15) is 0 Å². The molecule has 0 aliphatic carbocycles. The number of aromatic nitrogens is 1. The molecule has 2 heteroatoms. The van der Waals surface area contributed by atoms with E-state index in [4.69, 9.17) is 0 Å². The first-order valence-electron chi connectivity index (χ1n) is 3.41. The summed E-state index contributed by atoms with van der Waals surface area (Å²) in [5.74, 6) is 0.757. The second-order valence-electron chi connectivity index (χ2n) is 2.16. The lowest BCUT2D eigenvalue weighted by Gasteiger charge is -1.94. The Morgan fingerprint density at radius 2 is 2.45 bits per heavy atom. The second-order valence-corrected chi connectivity index (χ2v) is 2.16. The van der Waals surface area contributed by atoms with Crippen LogP contribution in [0.3, 0.4) is 0 Å². The van der Waals surface area contributed by atoms with Gasteiger partial charge in [0.05, 0.1) is 0 Å². The van der Waals surface area contributed by atoms with Gasteiger partial charge in [0, 0.05) is 12.4 Å². The SMILES string of the molecule is C=CC=Nc1ncccc1C.